The Bertz CT molecular complexity index is 429. The highest BCUT2D eigenvalue weighted by Gasteiger charge is 2.33. The van der Waals surface area contributed by atoms with E-state index in [1.54, 1.807) is 13.2 Å². The molecular weight excluding hydrogens is 258 g/mol. The highest BCUT2D eigenvalue weighted by molar-refractivity contribution is 9.10. The molecule has 0 bridgehead atoms. The van der Waals surface area contributed by atoms with Crippen LogP contribution >= 0.6 is 15.9 Å². The number of nitrogens with zero attached hydrogens (tertiary/aromatic N) is 2. The van der Waals surface area contributed by atoms with Gasteiger partial charge in [-0.3, -0.25) is 4.99 Å². The summed E-state index contributed by atoms with van der Waals surface area (Å²) in [4.78, 5) is 8.27. The van der Waals surface area contributed by atoms with Gasteiger partial charge in [0.1, 0.15) is 5.54 Å². The predicted molar refractivity (Wildman–Crippen MR) is 63.6 cm³/mol. The molecule has 80 valence electrons. The van der Waals surface area contributed by atoms with Crippen molar-refractivity contribution in [3.63, 3.8) is 0 Å². The van der Waals surface area contributed by atoms with Crippen LogP contribution in [0.1, 0.15) is 13.8 Å². The van der Waals surface area contributed by atoms with Gasteiger partial charge in [-0.1, -0.05) is 0 Å². The van der Waals surface area contributed by atoms with Gasteiger partial charge in [0.15, 0.2) is 0 Å². The number of aliphatic imine (C=N–C) groups is 1. The molecule has 4 nitrogen and oxygen atoms in total. The lowest BCUT2D eigenvalue weighted by Crippen LogP contribution is -2.46. The highest BCUT2D eigenvalue weighted by Crippen LogP contribution is 2.33. The van der Waals surface area contributed by atoms with E-state index in [1.807, 2.05) is 19.9 Å². The van der Waals surface area contributed by atoms with Crippen LogP contribution < -0.4 is 10.1 Å². The van der Waals surface area contributed by atoms with Gasteiger partial charge in [0.2, 0.25) is 11.8 Å². The van der Waals surface area contributed by atoms with Crippen molar-refractivity contribution >= 4 is 27.5 Å². The minimum atomic E-state index is -0.301. The Hall–Kier alpha value is -1.10. The van der Waals surface area contributed by atoms with Crippen LogP contribution in [-0.2, 0) is 0 Å². The molecule has 1 N–H and O–H groups in total. The molecule has 1 aromatic heterocycles. The second-order valence-electron chi connectivity index (χ2n) is 3.89. The molecule has 0 unspecified atom stereocenters. The van der Waals surface area contributed by atoms with Crippen LogP contribution in [0.4, 0.5) is 5.69 Å². The lowest BCUT2D eigenvalue weighted by Gasteiger charge is -2.33. The van der Waals surface area contributed by atoms with Gasteiger partial charge in [0.25, 0.3) is 0 Å². The molecule has 1 aromatic rings. The molecular formula is C10H12BrN3O. The number of rotatable bonds is 0. The van der Waals surface area contributed by atoms with Gasteiger partial charge in [-0.2, -0.15) is 0 Å². The second-order valence-corrected chi connectivity index (χ2v) is 4.80. The fraction of sp³-hybridized carbons (Fsp3) is 0.400. The first-order valence-electron chi connectivity index (χ1n) is 4.62. The molecule has 0 amide bonds. The Labute approximate surface area is 96.9 Å². The van der Waals surface area contributed by atoms with E-state index < -0.39 is 0 Å². The van der Waals surface area contributed by atoms with Crippen molar-refractivity contribution in [1.82, 2.24) is 4.98 Å². The number of aromatic nitrogens is 1. The van der Waals surface area contributed by atoms with Crippen molar-refractivity contribution < 1.29 is 4.74 Å². The number of anilines is 1. The third-order valence-corrected chi connectivity index (χ3v) is 2.63. The molecule has 2 rings (SSSR count). The number of hydrogen-bond acceptors (Lipinski definition) is 4. The summed E-state index contributed by atoms with van der Waals surface area (Å²) in [6.07, 6.45) is 1.70. The van der Waals surface area contributed by atoms with Crippen molar-refractivity contribution in [1.29, 1.82) is 0 Å². The Morgan fingerprint density at radius 1 is 1.53 bits per heavy atom. The predicted octanol–water partition coefficient (Wildman–Crippen LogP) is 2.46. The summed E-state index contributed by atoms with van der Waals surface area (Å²) in [5.74, 6) is 1.21. The fourth-order valence-electron chi connectivity index (χ4n) is 1.53. The monoisotopic (exact) mass is 269 g/mol. The molecule has 0 radical (unpaired) electrons. The first-order valence-corrected chi connectivity index (χ1v) is 5.41. The third kappa shape index (κ3) is 1.84. The summed E-state index contributed by atoms with van der Waals surface area (Å²) in [6, 6.07) is 1.94. The first kappa shape index (κ1) is 10.4. The minimum absolute atomic E-state index is 0.301. The third-order valence-electron chi connectivity index (χ3n) is 2.20. The number of hydrogen-bond donors (Lipinski definition) is 1. The molecule has 5 heteroatoms. The SMILES string of the molecule is C/N=C1/Oc2ncc(Br)cc2NC1(C)C. The average Bonchev–Trinajstić information content (AvgIpc) is 2.15. The maximum Gasteiger partial charge on any atom is 0.244 e. The number of ether oxygens (including phenoxy) is 1. The highest BCUT2D eigenvalue weighted by atomic mass is 79.9. The molecule has 1 aliphatic heterocycles. The van der Waals surface area contributed by atoms with Crippen molar-refractivity contribution in [2.45, 2.75) is 19.4 Å². The lowest BCUT2D eigenvalue weighted by molar-refractivity contribution is 0.454. The van der Waals surface area contributed by atoms with Crippen molar-refractivity contribution in [2.75, 3.05) is 12.4 Å². The quantitative estimate of drug-likeness (QED) is 0.787. The van der Waals surface area contributed by atoms with Crippen molar-refractivity contribution in [3.05, 3.63) is 16.7 Å². The van der Waals surface area contributed by atoms with Gasteiger partial charge in [-0.25, -0.2) is 4.98 Å². The van der Waals surface area contributed by atoms with Crippen LogP contribution in [0.3, 0.4) is 0 Å². The normalized spacial score (nSPS) is 20.4. The zero-order chi connectivity index (χ0) is 11.1. The summed E-state index contributed by atoms with van der Waals surface area (Å²) >= 11 is 3.37. The van der Waals surface area contributed by atoms with Gasteiger partial charge in [-0.15, -0.1) is 0 Å². The average molecular weight is 270 g/mol. The molecule has 0 atom stereocenters. The molecule has 0 aromatic carbocycles. The fourth-order valence-corrected chi connectivity index (χ4v) is 1.86. The van der Waals surface area contributed by atoms with Gasteiger partial charge >= 0.3 is 0 Å². The maximum absolute atomic E-state index is 5.61. The van der Waals surface area contributed by atoms with Gasteiger partial charge in [0.05, 0.1) is 5.69 Å². The Morgan fingerprint density at radius 3 is 2.93 bits per heavy atom. The number of pyridine rings is 1. The number of fused-ring (bicyclic) bond motifs is 1. The molecule has 1 aliphatic rings. The van der Waals surface area contributed by atoms with E-state index in [1.165, 1.54) is 0 Å². The van der Waals surface area contributed by atoms with Crippen molar-refractivity contribution in [2.24, 2.45) is 4.99 Å². The van der Waals surface area contributed by atoms with E-state index in [2.05, 4.69) is 31.2 Å². The summed E-state index contributed by atoms with van der Waals surface area (Å²) in [5.41, 5.74) is 0.575. The zero-order valence-corrected chi connectivity index (χ0v) is 10.4. The van der Waals surface area contributed by atoms with E-state index >= 15 is 0 Å². The van der Waals surface area contributed by atoms with Crippen LogP contribution in [-0.4, -0.2) is 23.5 Å². The van der Waals surface area contributed by atoms with E-state index in [-0.39, 0.29) is 5.54 Å². The minimum Gasteiger partial charge on any atom is -0.420 e. The largest absolute Gasteiger partial charge is 0.420 e. The van der Waals surface area contributed by atoms with Crippen LogP contribution in [0.5, 0.6) is 5.88 Å². The van der Waals surface area contributed by atoms with Gasteiger partial charge in [0, 0.05) is 17.7 Å². The second kappa shape index (κ2) is 3.48. The lowest BCUT2D eigenvalue weighted by atomic mass is 10.0. The van der Waals surface area contributed by atoms with Crippen molar-refractivity contribution in [3.8, 4) is 5.88 Å². The van der Waals surface area contributed by atoms with Gasteiger partial charge in [-0.05, 0) is 35.8 Å². The Morgan fingerprint density at radius 2 is 2.27 bits per heavy atom. The molecule has 0 spiro atoms. The van der Waals surface area contributed by atoms with E-state index in [0.29, 0.717) is 11.8 Å². The molecule has 0 aliphatic carbocycles. The van der Waals surface area contributed by atoms with E-state index in [4.69, 9.17) is 4.74 Å². The van der Waals surface area contributed by atoms with Crippen LogP contribution in [0, 0.1) is 0 Å². The smallest absolute Gasteiger partial charge is 0.244 e. The number of nitrogens with one attached hydrogen (secondary N) is 1. The van der Waals surface area contributed by atoms with Crippen LogP contribution in [0.25, 0.3) is 0 Å². The molecule has 15 heavy (non-hydrogen) atoms. The molecule has 0 saturated carbocycles. The summed E-state index contributed by atoms with van der Waals surface area (Å²) in [5, 5.41) is 3.33. The molecule has 0 fully saturated rings. The molecule has 2 heterocycles. The first-order chi connectivity index (χ1) is 7.03. The van der Waals surface area contributed by atoms with E-state index in [9.17, 15) is 0 Å². The summed E-state index contributed by atoms with van der Waals surface area (Å²) in [7, 11) is 1.71. The topological polar surface area (TPSA) is 46.5 Å². The Balaban J connectivity index is 2.47. The van der Waals surface area contributed by atoms with E-state index in [0.717, 1.165) is 10.2 Å². The summed E-state index contributed by atoms with van der Waals surface area (Å²) < 4.78 is 6.53. The zero-order valence-electron chi connectivity index (χ0n) is 8.84. The maximum atomic E-state index is 5.61. The number of halogens is 1. The van der Waals surface area contributed by atoms with Crippen LogP contribution in [0.2, 0.25) is 0 Å². The molecule has 0 saturated heterocycles. The van der Waals surface area contributed by atoms with Crippen LogP contribution in [0.15, 0.2) is 21.7 Å². The standard InChI is InChI=1S/C10H12BrN3O/c1-10(2)9(12-3)15-8-7(14-10)4-6(11)5-13-8/h4-5,14H,1-3H3/b12-9+. The van der Waals surface area contributed by atoms with Gasteiger partial charge < -0.3 is 10.1 Å². The Kier molecular flexibility index (Phi) is 2.42. The summed E-state index contributed by atoms with van der Waals surface area (Å²) in [6.45, 7) is 4.03.